The largest absolute Gasteiger partial charge is 0.496 e. The van der Waals surface area contributed by atoms with Crippen LogP contribution in [-0.4, -0.2) is 41.5 Å². The van der Waals surface area contributed by atoms with E-state index in [1.807, 2.05) is 41.4 Å². The molecule has 33 heavy (non-hydrogen) atoms. The molecule has 1 aliphatic heterocycles. The SMILES string of the molecule is CCn1cc(C=C(NC(=O)c2ccccc2OC)C(=O)N2CCCCCC2)c2ccccc21. The average Bonchev–Trinajstić information content (AvgIpc) is 3.00. The quantitative estimate of drug-likeness (QED) is 0.552. The highest BCUT2D eigenvalue weighted by Crippen LogP contribution is 2.25. The zero-order valence-corrected chi connectivity index (χ0v) is 19.3. The van der Waals surface area contributed by atoms with Gasteiger partial charge in [0, 0.05) is 42.3 Å². The second-order valence-corrected chi connectivity index (χ2v) is 8.31. The van der Waals surface area contributed by atoms with E-state index in [0.717, 1.165) is 48.7 Å². The Labute approximate surface area is 194 Å². The summed E-state index contributed by atoms with van der Waals surface area (Å²) in [6.45, 7) is 4.32. The van der Waals surface area contributed by atoms with E-state index in [1.165, 1.54) is 7.11 Å². The van der Waals surface area contributed by atoms with Gasteiger partial charge < -0.3 is 19.5 Å². The summed E-state index contributed by atoms with van der Waals surface area (Å²) in [6, 6.07) is 15.1. The number of carbonyl (C=O) groups is 2. The lowest BCUT2D eigenvalue weighted by Crippen LogP contribution is -2.39. The number of carbonyl (C=O) groups excluding carboxylic acids is 2. The maximum absolute atomic E-state index is 13.6. The first kappa shape index (κ1) is 22.6. The molecule has 0 unspecified atom stereocenters. The van der Waals surface area contributed by atoms with Gasteiger partial charge in [0.1, 0.15) is 11.4 Å². The highest BCUT2D eigenvalue weighted by Gasteiger charge is 2.23. The number of ether oxygens (including phenoxy) is 1. The van der Waals surface area contributed by atoms with Crippen molar-refractivity contribution in [2.75, 3.05) is 20.2 Å². The Bertz CT molecular complexity index is 1170. The zero-order valence-electron chi connectivity index (χ0n) is 19.3. The van der Waals surface area contributed by atoms with Gasteiger partial charge >= 0.3 is 0 Å². The number of methoxy groups -OCH3 is 1. The van der Waals surface area contributed by atoms with Gasteiger partial charge in [0.25, 0.3) is 11.8 Å². The minimum atomic E-state index is -0.360. The van der Waals surface area contributed by atoms with Crippen LogP contribution in [0.3, 0.4) is 0 Å². The maximum Gasteiger partial charge on any atom is 0.270 e. The molecule has 0 radical (unpaired) electrons. The smallest absolute Gasteiger partial charge is 0.270 e. The van der Waals surface area contributed by atoms with Crippen LogP contribution in [0.5, 0.6) is 5.75 Å². The van der Waals surface area contributed by atoms with Crippen molar-refractivity contribution in [3.63, 3.8) is 0 Å². The Morgan fingerprint density at radius 1 is 1.00 bits per heavy atom. The van der Waals surface area contributed by atoms with Crippen molar-refractivity contribution in [2.24, 2.45) is 0 Å². The molecule has 1 fully saturated rings. The number of para-hydroxylation sites is 2. The molecule has 0 bridgehead atoms. The van der Waals surface area contributed by atoms with Gasteiger partial charge in [-0.25, -0.2) is 0 Å². The van der Waals surface area contributed by atoms with Crippen molar-refractivity contribution in [1.82, 2.24) is 14.8 Å². The van der Waals surface area contributed by atoms with Crippen LogP contribution in [0.2, 0.25) is 0 Å². The van der Waals surface area contributed by atoms with Crippen LogP contribution < -0.4 is 10.1 Å². The van der Waals surface area contributed by atoms with Crippen LogP contribution in [0.4, 0.5) is 0 Å². The lowest BCUT2D eigenvalue weighted by molar-refractivity contribution is -0.127. The van der Waals surface area contributed by atoms with Gasteiger partial charge in [0.15, 0.2) is 0 Å². The average molecular weight is 446 g/mol. The van der Waals surface area contributed by atoms with Crippen LogP contribution in [-0.2, 0) is 11.3 Å². The monoisotopic (exact) mass is 445 g/mol. The summed E-state index contributed by atoms with van der Waals surface area (Å²) >= 11 is 0. The molecule has 172 valence electrons. The van der Waals surface area contributed by atoms with Gasteiger partial charge in [-0.2, -0.15) is 0 Å². The number of benzene rings is 2. The van der Waals surface area contributed by atoms with Crippen molar-refractivity contribution < 1.29 is 14.3 Å². The van der Waals surface area contributed by atoms with Gasteiger partial charge in [-0.15, -0.1) is 0 Å². The number of nitrogens with zero attached hydrogens (tertiary/aromatic N) is 2. The molecular formula is C27H31N3O3. The Kier molecular flexibility index (Phi) is 7.13. The first-order valence-electron chi connectivity index (χ1n) is 11.7. The maximum atomic E-state index is 13.6. The van der Waals surface area contributed by atoms with E-state index in [4.69, 9.17) is 4.74 Å². The number of likely N-dealkylation sites (tertiary alicyclic amines) is 1. The molecule has 1 aliphatic rings. The Hall–Kier alpha value is -3.54. The van der Waals surface area contributed by atoms with Gasteiger partial charge in [0.2, 0.25) is 0 Å². The zero-order chi connectivity index (χ0) is 23.2. The van der Waals surface area contributed by atoms with Crippen LogP contribution in [0.25, 0.3) is 17.0 Å². The second-order valence-electron chi connectivity index (χ2n) is 8.31. The van der Waals surface area contributed by atoms with E-state index in [2.05, 4.69) is 22.9 Å². The number of nitrogens with one attached hydrogen (secondary N) is 1. The number of aryl methyl sites for hydroxylation is 1. The molecule has 0 saturated carbocycles. The van der Waals surface area contributed by atoms with E-state index in [0.29, 0.717) is 24.4 Å². The molecule has 2 aromatic carbocycles. The molecule has 1 aromatic heterocycles. The lowest BCUT2D eigenvalue weighted by atomic mass is 10.1. The fourth-order valence-corrected chi connectivity index (χ4v) is 4.42. The standard InChI is InChI=1S/C27H31N3O3/c1-3-29-19-20(21-12-6-8-14-24(21)29)18-23(27(32)30-16-10-4-5-11-17-30)28-26(31)22-13-7-9-15-25(22)33-2/h6-9,12-15,18-19H,3-5,10-11,16-17H2,1-2H3,(H,28,31). The summed E-state index contributed by atoms with van der Waals surface area (Å²) < 4.78 is 7.51. The van der Waals surface area contributed by atoms with Crippen molar-refractivity contribution in [3.8, 4) is 5.75 Å². The molecule has 2 amide bonds. The number of aromatic nitrogens is 1. The molecule has 1 saturated heterocycles. The third-order valence-electron chi connectivity index (χ3n) is 6.18. The normalized spacial score (nSPS) is 14.7. The molecule has 4 rings (SSSR count). The summed E-state index contributed by atoms with van der Waals surface area (Å²) in [6.07, 6.45) is 8.06. The molecular weight excluding hydrogens is 414 g/mol. The van der Waals surface area contributed by atoms with Gasteiger partial charge in [-0.3, -0.25) is 9.59 Å². The molecule has 0 aliphatic carbocycles. The van der Waals surface area contributed by atoms with Gasteiger partial charge in [0.05, 0.1) is 12.7 Å². The summed E-state index contributed by atoms with van der Waals surface area (Å²) in [5, 5.41) is 3.96. The second kappa shape index (κ2) is 10.4. The summed E-state index contributed by atoms with van der Waals surface area (Å²) in [5.41, 5.74) is 2.69. The predicted molar refractivity (Wildman–Crippen MR) is 131 cm³/mol. The molecule has 3 aromatic rings. The van der Waals surface area contributed by atoms with E-state index in [1.54, 1.807) is 18.2 Å². The van der Waals surface area contributed by atoms with E-state index in [9.17, 15) is 9.59 Å². The third kappa shape index (κ3) is 4.95. The summed E-state index contributed by atoms with van der Waals surface area (Å²) in [7, 11) is 1.53. The van der Waals surface area contributed by atoms with Crippen LogP contribution in [0, 0.1) is 0 Å². The predicted octanol–water partition coefficient (Wildman–Crippen LogP) is 4.84. The molecule has 0 spiro atoms. The van der Waals surface area contributed by atoms with Crippen molar-refractivity contribution in [3.05, 3.63) is 71.6 Å². The molecule has 0 atom stereocenters. The van der Waals surface area contributed by atoms with Crippen LogP contribution in [0.1, 0.15) is 48.5 Å². The van der Waals surface area contributed by atoms with E-state index < -0.39 is 0 Å². The van der Waals surface area contributed by atoms with Gasteiger partial charge in [-0.05, 0) is 44.0 Å². The lowest BCUT2D eigenvalue weighted by Gasteiger charge is -2.22. The highest BCUT2D eigenvalue weighted by atomic mass is 16.5. The summed E-state index contributed by atoms with van der Waals surface area (Å²) in [5.74, 6) is -0.0336. The van der Waals surface area contributed by atoms with Crippen LogP contribution in [0.15, 0.2) is 60.4 Å². The van der Waals surface area contributed by atoms with Crippen molar-refractivity contribution in [1.29, 1.82) is 0 Å². The number of hydrogen-bond acceptors (Lipinski definition) is 3. The Morgan fingerprint density at radius 2 is 1.70 bits per heavy atom. The van der Waals surface area contributed by atoms with Crippen molar-refractivity contribution in [2.45, 2.75) is 39.2 Å². The Morgan fingerprint density at radius 3 is 2.42 bits per heavy atom. The number of rotatable bonds is 6. The van der Waals surface area contributed by atoms with Crippen LogP contribution >= 0.6 is 0 Å². The molecule has 6 heteroatoms. The molecule has 6 nitrogen and oxygen atoms in total. The topological polar surface area (TPSA) is 63.6 Å². The highest BCUT2D eigenvalue weighted by molar-refractivity contribution is 6.07. The number of amides is 2. The number of fused-ring (bicyclic) bond motifs is 1. The third-order valence-corrected chi connectivity index (χ3v) is 6.18. The first-order valence-corrected chi connectivity index (χ1v) is 11.7. The fourth-order valence-electron chi connectivity index (χ4n) is 4.42. The Balaban J connectivity index is 1.74. The molecule has 1 N–H and O–H groups in total. The van der Waals surface area contributed by atoms with E-state index >= 15 is 0 Å². The van der Waals surface area contributed by atoms with Gasteiger partial charge in [-0.1, -0.05) is 43.2 Å². The first-order chi connectivity index (χ1) is 16.1. The summed E-state index contributed by atoms with van der Waals surface area (Å²) in [4.78, 5) is 28.7. The minimum absolute atomic E-state index is 0.145. The molecule has 2 heterocycles. The fraction of sp³-hybridized carbons (Fsp3) is 0.333. The van der Waals surface area contributed by atoms with Crippen molar-refractivity contribution >= 4 is 28.8 Å². The number of hydrogen-bond donors (Lipinski definition) is 1. The van der Waals surface area contributed by atoms with E-state index in [-0.39, 0.29) is 17.5 Å². The minimum Gasteiger partial charge on any atom is -0.496 e.